The fraction of sp³-hybridized carbons (Fsp3) is 0.667. The van der Waals surface area contributed by atoms with E-state index in [0.29, 0.717) is 6.61 Å². The molecule has 3 aliphatic rings. The third kappa shape index (κ3) is 3.23. The lowest BCUT2D eigenvalue weighted by atomic mass is 10.1. The van der Waals surface area contributed by atoms with E-state index in [0.717, 1.165) is 4.90 Å². The van der Waals surface area contributed by atoms with Gasteiger partial charge in [-0.1, -0.05) is 30.0 Å². The van der Waals surface area contributed by atoms with Gasteiger partial charge in [-0.3, -0.25) is 0 Å². The molecule has 3 saturated heterocycles. The molecule has 0 amide bonds. The molecule has 3 heterocycles. The Kier molecular flexibility index (Phi) is 4.18. The maximum Gasteiger partial charge on any atom is 0.164 e. The van der Waals surface area contributed by atoms with Crippen molar-refractivity contribution in [2.75, 3.05) is 6.61 Å². The Morgan fingerprint density at radius 3 is 2.25 bits per heavy atom. The van der Waals surface area contributed by atoms with Crippen LogP contribution in [0.15, 0.2) is 35.2 Å². The highest BCUT2D eigenvalue weighted by molar-refractivity contribution is 7.99. The number of ether oxygens (including phenoxy) is 5. The maximum atomic E-state index is 6.31. The van der Waals surface area contributed by atoms with E-state index in [2.05, 4.69) is 12.1 Å². The molecule has 0 aliphatic carbocycles. The van der Waals surface area contributed by atoms with E-state index in [9.17, 15) is 0 Å². The number of hydrogen-bond acceptors (Lipinski definition) is 6. The third-order valence-corrected chi connectivity index (χ3v) is 5.60. The van der Waals surface area contributed by atoms with Gasteiger partial charge in [-0.15, -0.1) is 0 Å². The van der Waals surface area contributed by atoms with Gasteiger partial charge in [0, 0.05) is 4.90 Å². The standard InChI is InChI=1S/C18H24O5S/c1-17(2)19-10-12(21-17)13-14-15(23-18(3,4)22-14)16(20-13)24-11-8-6-5-7-9-11/h5-9,12-16H,10H2,1-4H3/t12?,13?,14-,15-,16-/m0/s1. The van der Waals surface area contributed by atoms with Crippen molar-refractivity contribution in [2.45, 2.75) is 74.0 Å². The van der Waals surface area contributed by atoms with E-state index >= 15 is 0 Å². The second-order valence-corrected chi connectivity index (χ2v) is 8.50. The van der Waals surface area contributed by atoms with Crippen molar-refractivity contribution < 1.29 is 23.7 Å². The molecule has 0 aromatic heterocycles. The van der Waals surface area contributed by atoms with Crippen LogP contribution in [0.2, 0.25) is 0 Å². The van der Waals surface area contributed by atoms with Gasteiger partial charge in [-0.2, -0.15) is 0 Å². The van der Waals surface area contributed by atoms with Gasteiger partial charge >= 0.3 is 0 Å². The van der Waals surface area contributed by atoms with Gasteiger partial charge < -0.3 is 23.7 Å². The molecule has 6 heteroatoms. The normalized spacial score (nSPS) is 39.9. The molecule has 132 valence electrons. The molecule has 3 fully saturated rings. The van der Waals surface area contributed by atoms with Gasteiger partial charge in [0.1, 0.15) is 29.9 Å². The molecule has 3 aliphatic heterocycles. The van der Waals surface area contributed by atoms with E-state index in [1.165, 1.54) is 0 Å². The number of benzene rings is 1. The molecule has 1 aromatic rings. The summed E-state index contributed by atoms with van der Waals surface area (Å²) in [6.45, 7) is 8.25. The zero-order valence-corrected chi connectivity index (χ0v) is 15.2. The summed E-state index contributed by atoms with van der Waals surface area (Å²) < 4.78 is 30.3. The predicted molar refractivity (Wildman–Crippen MR) is 89.7 cm³/mol. The topological polar surface area (TPSA) is 46.2 Å². The first kappa shape index (κ1) is 16.8. The van der Waals surface area contributed by atoms with Gasteiger partial charge in [-0.25, -0.2) is 0 Å². The molecule has 0 radical (unpaired) electrons. The van der Waals surface area contributed by atoms with E-state index < -0.39 is 11.6 Å². The van der Waals surface area contributed by atoms with Crippen molar-refractivity contribution in [3.8, 4) is 0 Å². The van der Waals surface area contributed by atoms with Crippen LogP contribution in [0.3, 0.4) is 0 Å². The molecule has 4 rings (SSSR count). The van der Waals surface area contributed by atoms with Crippen molar-refractivity contribution in [1.29, 1.82) is 0 Å². The smallest absolute Gasteiger partial charge is 0.164 e. The minimum absolute atomic E-state index is 0.123. The molecule has 1 aromatic carbocycles. The summed E-state index contributed by atoms with van der Waals surface area (Å²) in [6, 6.07) is 10.2. The van der Waals surface area contributed by atoms with Gasteiger partial charge in [0.05, 0.1) is 6.61 Å². The second-order valence-electron chi connectivity index (χ2n) is 7.33. The maximum absolute atomic E-state index is 6.31. The van der Waals surface area contributed by atoms with Crippen LogP contribution in [-0.4, -0.2) is 48.0 Å². The molecule has 0 N–H and O–H groups in total. The molecule has 24 heavy (non-hydrogen) atoms. The van der Waals surface area contributed by atoms with Crippen LogP contribution in [0.5, 0.6) is 0 Å². The summed E-state index contributed by atoms with van der Waals surface area (Å²) in [6.07, 6.45) is -0.614. The van der Waals surface area contributed by atoms with Crippen LogP contribution in [0.1, 0.15) is 27.7 Å². The lowest BCUT2D eigenvalue weighted by Crippen LogP contribution is -2.40. The quantitative estimate of drug-likeness (QED) is 0.833. The monoisotopic (exact) mass is 352 g/mol. The molecular weight excluding hydrogens is 328 g/mol. The molecule has 0 spiro atoms. The Hall–Kier alpha value is -0.630. The van der Waals surface area contributed by atoms with Crippen molar-refractivity contribution in [3.05, 3.63) is 30.3 Å². The van der Waals surface area contributed by atoms with E-state index in [-0.39, 0.29) is 29.9 Å². The van der Waals surface area contributed by atoms with Crippen molar-refractivity contribution in [2.24, 2.45) is 0 Å². The molecule has 0 saturated carbocycles. The average molecular weight is 352 g/mol. The first-order chi connectivity index (χ1) is 11.3. The molecule has 2 unspecified atom stereocenters. The highest BCUT2D eigenvalue weighted by Crippen LogP contribution is 2.46. The minimum Gasteiger partial charge on any atom is -0.356 e. The summed E-state index contributed by atoms with van der Waals surface area (Å²) in [5.74, 6) is -1.19. The number of thioether (sulfide) groups is 1. The zero-order valence-electron chi connectivity index (χ0n) is 14.4. The first-order valence-electron chi connectivity index (χ1n) is 8.38. The third-order valence-electron chi connectivity index (χ3n) is 4.44. The van der Waals surface area contributed by atoms with Crippen molar-refractivity contribution in [1.82, 2.24) is 0 Å². The summed E-state index contributed by atoms with van der Waals surface area (Å²) in [4.78, 5) is 1.15. The fourth-order valence-corrected chi connectivity index (χ4v) is 4.61. The highest BCUT2D eigenvalue weighted by Gasteiger charge is 2.59. The van der Waals surface area contributed by atoms with E-state index in [1.807, 2.05) is 45.9 Å². The molecule has 5 nitrogen and oxygen atoms in total. The van der Waals surface area contributed by atoms with Crippen LogP contribution >= 0.6 is 11.8 Å². The largest absolute Gasteiger partial charge is 0.356 e. The lowest BCUT2D eigenvalue weighted by Gasteiger charge is -2.26. The number of hydrogen-bond donors (Lipinski definition) is 0. The Bertz CT molecular complexity index is 590. The van der Waals surface area contributed by atoms with Crippen LogP contribution in [0.25, 0.3) is 0 Å². The van der Waals surface area contributed by atoms with Gasteiger partial charge in [0.25, 0.3) is 0 Å². The predicted octanol–water partition coefficient (Wildman–Crippen LogP) is 3.18. The lowest BCUT2D eigenvalue weighted by molar-refractivity contribution is -0.198. The Labute approximate surface area is 146 Å². The SMILES string of the molecule is CC1(C)OCC(C2O[C@@H](Sc3ccccc3)[C@H]3OC(C)(C)O[C@@H]23)O1. The van der Waals surface area contributed by atoms with Crippen LogP contribution < -0.4 is 0 Å². The highest BCUT2D eigenvalue weighted by atomic mass is 32.2. The Balaban J connectivity index is 1.54. The molecule has 0 bridgehead atoms. The summed E-state index contributed by atoms with van der Waals surface area (Å²) in [5.41, 5.74) is -0.128. The van der Waals surface area contributed by atoms with E-state index in [4.69, 9.17) is 23.7 Å². The van der Waals surface area contributed by atoms with Crippen LogP contribution in [-0.2, 0) is 23.7 Å². The average Bonchev–Trinajstić information content (AvgIpc) is 3.12. The zero-order chi connectivity index (χ0) is 16.9. The minimum atomic E-state index is -0.609. The van der Waals surface area contributed by atoms with E-state index in [1.54, 1.807) is 11.8 Å². The van der Waals surface area contributed by atoms with Gasteiger partial charge in [0.15, 0.2) is 11.6 Å². The summed E-state index contributed by atoms with van der Waals surface area (Å²) in [5, 5.41) is 0. The van der Waals surface area contributed by atoms with Gasteiger partial charge in [0.2, 0.25) is 0 Å². The first-order valence-corrected chi connectivity index (χ1v) is 9.26. The summed E-state index contributed by atoms with van der Waals surface area (Å²) in [7, 11) is 0. The second kappa shape index (κ2) is 5.97. The van der Waals surface area contributed by atoms with Gasteiger partial charge in [-0.05, 0) is 39.8 Å². The fourth-order valence-electron chi connectivity index (χ4n) is 3.50. The Morgan fingerprint density at radius 1 is 0.875 bits per heavy atom. The molecular formula is C18H24O5S. The number of rotatable bonds is 3. The Morgan fingerprint density at radius 2 is 1.58 bits per heavy atom. The number of fused-ring (bicyclic) bond motifs is 1. The van der Waals surface area contributed by atoms with Crippen molar-refractivity contribution >= 4 is 11.8 Å². The van der Waals surface area contributed by atoms with Crippen LogP contribution in [0, 0.1) is 0 Å². The molecule has 5 atom stereocenters. The summed E-state index contributed by atoms with van der Waals surface area (Å²) >= 11 is 1.67. The van der Waals surface area contributed by atoms with Crippen LogP contribution in [0.4, 0.5) is 0 Å². The van der Waals surface area contributed by atoms with Crippen molar-refractivity contribution in [3.63, 3.8) is 0 Å².